The van der Waals surface area contributed by atoms with Crippen molar-refractivity contribution in [2.75, 3.05) is 0 Å². The van der Waals surface area contributed by atoms with Crippen LogP contribution in [0.3, 0.4) is 0 Å². The molecule has 0 fully saturated rings. The molecule has 0 atom stereocenters. The van der Waals surface area contributed by atoms with Gasteiger partial charge in [-0.1, -0.05) is 25.5 Å². The minimum absolute atomic E-state index is 0.0796. The maximum atomic E-state index is 10.7. The van der Waals surface area contributed by atoms with Gasteiger partial charge in [0.05, 0.1) is 0 Å². The number of ketones is 1. The van der Waals surface area contributed by atoms with Crippen molar-refractivity contribution in [3.05, 3.63) is 24.3 Å². The number of carbonyl (C=O) groups is 1. The lowest BCUT2D eigenvalue weighted by atomic mass is 10.2. The quantitative estimate of drug-likeness (QED) is 0.545. The van der Waals surface area contributed by atoms with Crippen molar-refractivity contribution in [2.24, 2.45) is 0 Å². The van der Waals surface area contributed by atoms with Crippen LogP contribution < -0.4 is 0 Å². The Balaban J connectivity index is 3.56. The molecule has 0 aromatic carbocycles. The fraction of sp³-hybridized carbons (Fsp3) is 0.444. The molecule has 0 bridgehead atoms. The zero-order valence-corrected chi connectivity index (χ0v) is 6.63. The van der Waals surface area contributed by atoms with Gasteiger partial charge in [0.15, 0.2) is 5.78 Å². The van der Waals surface area contributed by atoms with Crippen LogP contribution >= 0.6 is 0 Å². The standard InChI is InChI=1S/C9H14O/c1-3-5-6-8-9(10)7-4-2/h4,6-8H,3,5H2,1-2H3/b7-4+,8-6+. The zero-order chi connectivity index (χ0) is 7.82. The van der Waals surface area contributed by atoms with Gasteiger partial charge < -0.3 is 0 Å². The minimum atomic E-state index is 0.0796. The van der Waals surface area contributed by atoms with E-state index >= 15 is 0 Å². The highest BCUT2D eigenvalue weighted by atomic mass is 16.1. The summed E-state index contributed by atoms with van der Waals surface area (Å²) in [6.45, 7) is 3.93. The van der Waals surface area contributed by atoms with E-state index in [4.69, 9.17) is 0 Å². The smallest absolute Gasteiger partial charge is 0.177 e. The molecule has 56 valence electrons. The summed E-state index contributed by atoms with van der Waals surface area (Å²) < 4.78 is 0. The Labute approximate surface area is 62.4 Å². The SMILES string of the molecule is C/C=C/C(=O)/C=C/CCC. The lowest BCUT2D eigenvalue weighted by Gasteiger charge is -1.82. The van der Waals surface area contributed by atoms with Crippen molar-refractivity contribution in [2.45, 2.75) is 26.7 Å². The first-order valence-electron chi connectivity index (χ1n) is 3.64. The fourth-order valence-electron chi connectivity index (χ4n) is 0.586. The third-order valence-electron chi connectivity index (χ3n) is 1.07. The molecule has 0 aromatic rings. The van der Waals surface area contributed by atoms with Gasteiger partial charge in [0.1, 0.15) is 0 Å². The first-order valence-corrected chi connectivity index (χ1v) is 3.64. The van der Waals surface area contributed by atoms with Gasteiger partial charge in [-0.2, -0.15) is 0 Å². The molecule has 0 aliphatic carbocycles. The fourth-order valence-corrected chi connectivity index (χ4v) is 0.586. The minimum Gasteiger partial charge on any atom is -0.290 e. The van der Waals surface area contributed by atoms with Crippen LogP contribution in [0, 0.1) is 0 Å². The van der Waals surface area contributed by atoms with E-state index in [0.717, 1.165) is 12.8 Å². The Morgan fingerprint density at radius 1 is 1.40 bits per heavy atom. The van der Waals surface area contributed by atoms with Crippen molar-refractivity contribution in [1.29, 1.82) is 0 Å². The summed E-state index contributed by atoms with van der Waals surface area (Å²) in [6.07, 6.45) is 8.92. The number of allylic oxidation sites excluding steroid dienone is 4. The molecule has 0 aliphatic rings. The molecule has 0 rings (SSSR count). The van der Waals surface area contributed by atoms with Crippen molar-refractivity contribution in [3.63, 3.8) is 0 Å². The van der Waals surface area contributed by atoms with Gasteiger partial charge in [-0.05, 0) is 25.5 Å². The van der Waals surface area contributed by atoms with E-state index in [-0.39, 0.29) is 5.78 Å². The second-order valence-corrected chi connectivity index (χ2v) is 2.09. The van der Waals surface area contributed by atoms with E-state index in [1.54, 1.807) is 18.2 Å². The van der Waals surface area contributed by atoms with E-state index < -0.39 is 0 Å². The predicted octanol–water partition coefficient (Wildman–Crippen LogP) is 2.49. The van der Waals surface area contributed by atoms with Gasteiger partial charge in [0.25, 0.3) is 0 Å². The molecule has 0 aromatic heterocycles. The molecule has 0 saturated heterocycles. The van der Waals surface area contributed by atoms with Crippen LogP contribution in [0.4, 0.5) is 0 Å². The van der Waals surface area contributed by atoms with Gasteiger partial charge in [-0.15, -0.1) is 0 Å². The van der Waals surface area contributed by atoms with E-state index in [1.165, 1.54) is 0 Å². The molecule has 10 heavy (non-hydrogen) atoms. The Hall–Kier alpha value is -0.850. The number of unbranched alkanes of at least 4 members (excludes halogenated alkanes) is 1. The normalized spacial score (nSPS) is 11.4. The molecule has 0 heterocycles. The van der Waals surface area contributed by atoms with Crippen LogP contribution in [-0.4, -0.2) is 5.78 Å². The van der Waals surface area contributed by atoms with Crippen LogP contribution in [0.2, 0.25) is 0 Å². The van der Waals surface area contributed by atoms with E-state index in [1.807, 2.05) is 13.0 Å². The number of hydrogen-bond donors (Lipinski definition) is 0. The van der Waals surface area contributed by atoms with Gasteiger partial charge in [0.2, 0.25) is 0 Å². The predicted molar refractivity (Wildman–Crippen MR) is 43.9 cm³/mol. The molecule has 0 unspecified atom stereocenters. The molecule has 0 N–H and O–H groups in total. The topological polar surface area (TPSA) is 17.1 Å². The lowest BCUT2D eigenvalue weighted by Crippen LogP contribution is -1.82. The zero-order valence-electron chi connectivity index (χ0n) is 6.63. The van der Waals surface area contributed by atoms with Gasteiger partial charge >= 0.3 is 0 Å². The van der Waals surface area contributed by atoms with Gasteiger partial charge in [0, 0.05) is 0 Å². The number of carbonyl (C=O) groups excluding carboxylic acids is 1. The number of rotatable bonds is 4. The molecule has 1 nitrogen and oxygen atoms in total. The van der Waals surface area contributed by atoms with Crippen LogP contribution in [0.1, 0.15) is 26.7 Å². The van der Waals surface area contributed by atoms with Gasteiger partial charge in [-0.25, -0.2) is 0 Å². The van der Waals surface area contributed by atoms with E-state index in [9.17, 15) is 4.79 Å². The van der Waals surface area contributed by atoms with Crippen LogP contribution in [0.15, 0.2) is 24.3 Å². The molecule has 0 spiro atoms. The van der Waals surface area contributed by atoms with Crippen molar-refractivity contribution >= 4 is 5.78 Å². The largest absolute Gasteiger partial charge is 0.290 e. The molecule has 0 amide bonds. The van der Waals surface area contributed by atoms with E-state index in [0.29, 0.717) is 0 Å². The molecule has 0 radical (unpaired) electrons. The summed E-state index contributed by atoms with van der Waals surface area (Å²) in [7, 11) is 0. The third kappa shape index (κ3) is 5.29. The Kier molecular flexibility index (Phi) is 5.74. The maximum absolute atomic E-state index is 10.7. The highest BCUT2D eigenvalue weighted by Crippen LogP contribution is 1.89. The first-order chi connectivity index (χ1) is 4.81. The maximum Gasteiger partial charge on any atom is 0.177 e. The van der Waals surface area contributed by atoms with Crippen LogP contribution in [0.25, 0.3) is 0 Å². The Bertz CT molecular complexity index is 143. The highest BCUT2D eigenvalue weighted by Gasteiger charge is 1.83. The highest BCUT2D eigenvalue weighted by molar-refractivity contribution is 5.98. The number of hydrogen-bond acceptors (Lipinski definition) is 1. The summed E-state index contributed by atoms with van der Waals surface area (Å²) in [5.74, 6) is 0.0796. The molecule has 1 heteroatoms. The summed E-state index contributed by atoms with van der Waals surface area (Å²) in [5, 5.41) is 0. The molecular formula is C9H14O. The van der Waals surface area contributed by atoms with E-state index in [2.05, 4.69) is 6.92 Å². The molecule has 0 aliphatic heterocycles. The Morgan fingerprint density at radius 3 is 2.60 bits per heavy atom. The summed E-state index contributed by atoms with van der Waals surface area (Å²) in [4.78, 5) is 10.7. The van der Waals surface area contributed by atoms with Crippen molar-refractivity contribution < 1.29 is 4.79 Å². The lowest BCUT2D eigenvalue weighted by molar-refractivity contribution is -0.110. The monoisotopic (exact) mass is 138 g/mol. The summed E-state index contributed by atoms with van der Waals surface area (Å²) in [5.41, 5.74) is 0. The summed E-state index contributed by atoms with van der Waals surface area (Å²) in [6, 6.07) is 0. The molecular weight excluding hydrogens is 124 g/mol. The van der Waals surface area contributed by atoms with Crippen LogP contribution in [0.5, 0.6) is 0 Å². The summed E-state index contributed by atoms with van der Waals surface area (Å²) >= 11 is 0. The van der Waals surface area contributed by atoms with Crippen molar-refractivity contribution in [1.82, 2.24) is 0 Å². The van der Waals surface area contributed by atoms with Gasteiger partial charge in [-0.3, -0.25) is 4.79 Å². The average molecular weight is 138 g/mol. The first kappa shape index (κ1) is 9.15. The third-order valence-corrected chi connectivity index (χ3v) is 1.07. The molecule has 0 saturated carbocycles. The second kappa shape index (κ2) is 6.27. The second-order valence-electron chi connectivity index (χ2n) is 2.09. The average Bonchev–Trinajstić information content (AvgIpc) is 1.89. The van der Waals surface area contributed by atoms with Crippen LogP contribution in [-0.2, 0) is 4.79 Å². The Morgan fingerprint density at radius 2 is 2.10 bits per heavy atom. The van der Waals surface area contributed by atoms with Crippen molar-refractivity contribution in [3.8, 4) is 0 Å².